The first-order valence-electron chi connectivity index (χ1n) is 6.84. The van der Waals surface area contributed by atoms with Crippen molar-refractivity contribution >= 4 is 23.5 Å². The van der Waals surface area contributed by atoms with Gasteiger partial charge in [0.05, 0.1) is 23.0 Å². The van der Waals surface area contributed by atoms with E-state index in [0.717, 1.165) is 5.03 Å². The summed E-state index contributed by atoms with van der Waals surface area (Å²) < 4.78 is 5.64. The van der Waals surface area contributed by atoms with Crippen molar-refractivity contribution in [3.8, 4) is 0 Å². The van der Waals surface area contributed by atoms with E-state index in [1.807, 2.05) is 41.5 Å². The summed E-state index contributed by atoms with van der Waals surface area (Å²) in [6, 6.07) is 0. The minimum Gasteiger partial charge on any atom is -0.374 e. The molecule has 1 saturated heterocycles. The lowest BCUT2D eigenvalue weighted by atomic mass is 9.91. The van der Waals surface area contributed by atoms with Gasteiger partial charge in [0.1, 0.15) is 0 Å². The van der Waals surface area contributed by atoms with Gasteiger partial charge in [-0.2, -0.15) is 0 Å². The molecule has 0 N–H and O–H groups in total. The van der Waals surface area contributed by atoms with Crippen molar-refractivity contribution in [3.05, 3.63) is 11.1 Å². The molecule has 1 aliphatic rings. The molecular weight excluding hydrogens is 274 g/mol. The van der Waals surface area contributed by atoms with Crippen LogP contribution in [-0.2, 0) is 14.3 Å². The highest BCUT2D eigenvalue weighted by Gasteiger charge is 2.29. The maximum Gasteiger partial charge on any atom is 0.237 e. The van der Waals surface area contributed by atoms with Crippen molar-refractivity contribution in [2.75, 3.05) is 18.9 Å². The Balaban J connectivity index is 2.69. The number of amides is 1. The normalized spacial score (nSPS) is 19.0. The Morgan fingerprint density at radius 2 is 1.90 bits per heavy atom. The summed E-state index contributed by atoms with van der Waals surface area (Å²) in [7, 11) is 0. The molecule has 5 heteroatoms. The van der Waals surface area contributed by atoms with Gasteiger partial charge in [0, 0.05) is 18.0 Å². The van der Waals surface area contributed by atoms with E-state index in [4.69, 9.17) is 4.74 Å². The Morgan fingerprint density at radius 1 is 1.30 bits per heavy atom. The van der Waals surface area contributed by atoms with Gasteiger partial charge in [0.25, 0.3) is 0 Å². The second kappa shape index (κ2) is 6.31. The van der Waals surface area contributed by atoms with Crippen LogP contribution in [0.5, 0.6) is 0 Å². The van der Waals surface area contributed by atoms with E-state index in [9.17, 15) is 9.59 Å². The van der Waals surface area contributed by atoms with Crippen LogP contribution in [0.1, 0.15) is 41.5 Å². The van der Waals surface area contributed by atoms with E-state index in [-0.39, 0.29) is 17.3 Å². The molecule has 4 nitrogen and oxygen atoms in total. The summed E-state index contributed by atoms with van der Waals surface area (Å²) in [5.41, 5.74) is -0.645. The second-order valence-corrected chi connectivity index (χ2v) is 7.89. The van der Waals surface area contributed by atoms with Crippen molar-refractivity contribution in [2.24, 2.45) is 5.41 Å². The van der Waals surface area contributed by atoms with Gasteiger partial charge in [0.15, 0.2) is 5.78 Å². The first kappa shape index (κ1) is 17.2. The molecule has 0 bridgehead atoms. The van der Waals surface area contributed by atoms with Crippen LogP contribution in [-0.4, -0.2) is 41.1 Å². The van der Waals surface area contributed by atoms with Crippen LogP contribution in [0.3, 0.4) is 0 Å². The van der Waals surface area contributed by atoms with Crippen LogP contribution in [0.4, 0.5) is 0 Å². The number of ketones is 1. The SMILES string of the molecule is CC(C)(C)OCCN1C(=O)CS/C1=C/C(=O)C(C)(C)C. The Kier molecular flexibility index (Phi) is 5.44. The lowest BCUT2D eigenvalue weighted by molar-refractivity contribution is -0.126. The minimum absolute atomic E-state index is 0.0384. The van der Waals surface area contributed by atoms with Crippen LogP contribution in [0.15, 0.2) is 11.1 Å². The maximum atomic E-state index is 12.0. The smallest absolute Gasteiger partial charge is 0.237 e. The summed E-state index contributed by atoms with van der Waals surface area (Å²) in [5, 5.41) is 0.743. The third kappa shape index (κ3) is 5.29. The molecular formula is C15H25NO3S. The lowest BCUT2D eigenvalue weighted by Crippen LogP contribution is -2.32. The highest BCUT2D eigenvalue weighted by atomic mass is 32.2. The summed E-state index contributed by atoms with van der Waals surface area (Å²) >= 11 is 1.42. The number of rotatable bonds is 4. The van der Waals surface area contributed by atoms with Gasteiger partial charge in [-0.25, -0.2) is 0 Å². The molecule has 114 valence electrons. The van der Waals surface area contributed by atoms with Gasteiger partial charge in [0.2, 0.25) is 5.91 Å². The van der Waals surface area contributed by atoms with Gasteiger partial charge in [-0.15, -0.1) is 0 Å². The van der Waals surface area contributed by atoms with E-state index in [0.29, 0.717) is 18.9 Å². The predicted octanol–water partition coefficient (Wildman–Crippen LogP) is 2.83. The van der Waals surface area contributed by atoms with Crippen molar-refractivity contribution in [1.82, 2.24) is 4.90 Å². The molecule has 0 aliphatic carbocycles. The number of carbonyl (C=O) groups is 2. The lowest BCUT2D eigenvalue weighted by Gasteiger charge is -2.23. The predicted molar refractivity (Wildman–Crippen MR) is 82.4 cm³/mol. The molecule has 1 amide bonds. The van der Waals surface area contributed by atoms with Gasteiger partial charge >= 0.3 is 0 Å². The van der Waals surface area contributed by atoms with E-state index in [2.05, 4.69) is 0 Å². The number of nitrogens with zero attached hydrogens (tertiary/aromatic N) is 1. The standard InChI is InChI=1S/C15H25NO3S/c1-14(2,3)11(17)9-13-16(12(18)10-20-13)7-8-19-15(4,5)6/h9H,7-8,10H2,1-6H3/b13-9+. The average Bonchev–Trinajstić information content (AvgIpc) is 2.58. The van der Waals surface area contributed by atoms with Gasteiger partial charge in [-0.1, -0.05) is 32.5 Å². The average molecular weight is 299 g/mol. The number of allylic oxidation sites excluding steroid dienone is 1. The molecule has 0 aromatic heterocycles. The molecule has 1 aliphatic heterocycles. The van der Waals surface area contributed by atoms with Crippen LogP contribution in [0, 0.1) is 5.41 Å². The first-order chi connectivity index (χ1) is 9.00. The van der Waals surface area contributed by atoms with Crippen LogP contribution >= 0.6 is 11.8 Å². The zero-order valence-electron chi connectivity index (χ0n) is 13.3. The molecule has 0 saturated carbocycles. The molecule has 1 heterocycles. The molecule has 0 atom stereocenters. The van der Waals surface area contributed by atoms with Crippen LogP contribution < -0.4 is 0 Å². The summed E-state index contributed by atoms with van der Waals surface area (Å²) in [5.74, 6) is 0.482. The van der Waals surface area contributed by atoms with Gasteiger partial charge < -0.3 is 9.64 Å². The molecule has 0 aromatic rings. The zero-order chi connectivity index (χ0) is 15.6. The van der Waals surface area contributed by atoms with Crippen molar-refractivity contribution in [1.29, 1.82) is 0 Å². The number of thioether (sulfide) groups is 1. The van der Waals surface area contributed by atoms with Crippen molar-refractivity contribution < 1.29 is 14.3 Å². The fraction of sp³-hybridized carbons (Fsp3) is 0.733. The van der Waals surface area contributed by atoms with E-state index >= 15 is 0 Å². The van der Waals surface area contributed by atoms with Gasteiger partial charge in [-0.3, -0.25) is 9.59 Å². The molecule has 0 aromatic carbocycles. The Hall–Kier alpha value is -0.810. The zero-order valence-corrected chi connectivity index (χ0v) is 14.1. The highest BCUT2D eigenvalue weighted by molar-refractivity contribution is 8.04. The van der Waals surface area contributed by atoms with Crippen molar-refractivity contribution in [2.45, 2.75) is 47.1 Å². The Morgan fingerprint density at radius 3 is 2.40 bits per heavy atom. The molecule has 1 rings (SSSR count). The third-order valence-electron chi connectivity index (χ3n) is 2.75. The van der Waals surface area contributed by atoms with E-state index in [1.54, 1.807) is 11.0 Å². The molecule has 0 spiro atoms. The highest BCUT2D eigenvalue weighted by Crippen LogP contribution is 2.30. The largest absolute Gasteiger partial charge is 0.374 e. The van der Waals surface area contributed by atoms with Crippen LogP contribution in [0.25, 0.3) is 0 Å². The van der Waals surface area contributed by atoms with Crippen molar-refractivity contribution in [3.63, 3.8) is 0 Å². The Bertz CT molecular complexity index is 416. The molecule has 0 radical (unpaired) electrons. The Labute approximate surface area is 125 Å². The first-order valence-corrected chi connectivity index (χ1v) is 7.82. The monoisotopic (exact) mass is 299 g/mol. The maximum absolute atomic E-state index is 12.0. The fourth-order valence-corrected chi connectivity index (χ4v) is 2.51. The quantitative estimate of drug-likeness (QED) is 0.749. The van der Waals surface area contributed by atoms with Gasteiger partial charge in [-0.05, 0) is 20.8 Å². The number of ether oxygens (including phenoxy) is 1. The van der Waals surface area contributed by atoms with E-state index < -0.39 is 5.41 Å². The van der Waals surface area contributed by atoms with E-state index in [1.165, 1.54) is 11.8 Å². The molecule has 20 heavy (non-hydrogen) atoms. The molecule has 1 fully saturated rings. The number of hydrogen-bond acceptors (Lipinski definition) is 4. The summed E-state index contributed by atoms with van der Waals surface area (Å²) in [4.78, 5) is 25.6. The van der Waals surface area contributed by atoms with Crippen LogP contribution in [0.2, 0.25) is 0 Å². The second-order valence-electron chi connectivity index (χ2n) is 6.89. The summed E-state index contributed by atoms with van der Waals surface area (Å²) in [6.45, 7) is 12.5. The third-order valence-corrected chi connectivity index (χ3v) is 3.78. The topological polar surface area (TPSA) is 46.6 Å². The summed E-state index contributed by atoms with van der Waals surface area (Å²) in [6.07, 6.45) is 1.59. The number of hydrogen-bond donors (Lipinski definition) is 0. The minimum atomic E-state index is -0.424. The molecule has 0 unspecified atom stereocenters. The fourth-order valence-electron chi connectivity index (χ4n) is 1.54. The number of carbonyl (C=O) groups excluding carboxylic acids is 2.